The fourth-order valence-electron chi connectivity index (χ4n) is 1.32. The van der Waals surface area contributed by atoms with E-state index in [1.165, 1.54) is 0 Å². The highest BCUT2D eigenvalue weighted by Crippen LogP contribution is 2.32. The Kier molecular flexibility index (Phi) is 4.82. The van der Waals surface area contributed by atoms with Crippen LogP contribution in [-0.2, 0) is 6.18 Å². The van der Waals surface area contributed by atoms with Gasteiger partial charge in [0.2, 0.25) is 0 Å². The van der Waals surface area contributed by atoms with Crippen molar-refractivity contribution >= 4 is 23.1 Å². The van der Waals surface area contributed by atoms with E-state index in [2.05, 4.69) is 17.5 Å². The van der Waals surface area contributed by atoms with E-state index in [0.29, 0.717) is 6.07 Å². The summed E-state index contributed by atoms with van der Waals surface area (Å²) in [6.45, 7) is 0.0316. The number of nitrogens with two attached hydrogens (primary N) is 1. The summed E-state index contributed by atoms with van der Waals surface area (Å²) in [4.78, 5) is 11.7. The normalized spacial score (nSPS) is 11.2. The first-order chi connectivity index (χ1) is 8.73. The fourth-order valence-corrected chi connectivity index (χ4v) is 1.42. The minimum atomic E-state index is -4.85. The van der Waals surface area contributed by atoms with Gasteiger partial charge in [-0.1, -0.05) is 18.3 Å². The molecule has 0 heterocycles. The van der Waals surface area contributed by atoms with Gasteiger partial charge in [-0.25, -0.2) is 4.39 Å². The molecule has 0 saturated heterocycles. The summed E-state index contributed by atoms with van der Waals surface area (Å²) < 4.78 is 50.9. The molecule has 0 aliphatic carbocycles. The minimum absolute atomic E-state index is 0.0316. The van der Waals surface area contributed by atoms with Crippen molar-refractivity contribution in [1.82, 2.24) is 5.32 Å². The summed E-state index contributed by atoms with van der Waals surface area (Å²) in [5, 5.41) is 2.24. The number of hydrogen-bond acceptors (Lipinski definition) is 2. The first kappa shape index (κ1) is 15.4. The molecule has 1 rings (SSSR count). The van der Waals surface area contributed by atoms with Crippen LogP contribution in [0.5, 0.6) is 0 Å². The Balaban J connectivity index is 2.90. The Bertz CT molecular complexity index is 502. The molecule has 0 unspecified atom stereocenters. The molecule has 19 heavy (non-hydrogen) atoms. The zero-order chi connectivity index (χ0) is 14.6. The molecule has 0 fully saturated rings. The van der Waals surface area contributed by atoms with Crippen LogP contribution in [0, 0.1) is 5.82 Å². The Hall–Kier alpha value is -1.70. The van der Waals surface area contributed by atoms with Crippen molar-refractivity contribution in [2.45, 2.75) is 12.6 Å². The van der Waals surface area contributed by atoms with Crippen molar-refractivity contribution in [2.75, 3.05) is 6.54 Å². The first-order valence-corrected chi connectivity index (χ1v) is 5.56. The molecule has 3 nitrogen and oxygen atoms in total. The fraction of sp³-hybridized carbons (Fsp3) is 0.273. The van der Waals surface area contributed by atoms with Gasteiger partial charge in [0.15, 0.2) is 0 Å². The van der Waals surface area contributed by atoms with Crippen LogP contribution >= 0.6 is 12.2 Å². The van der Waals surface area contributed by atoms with E-state index in [-0.39, 0.29) is 18.0 Å². The number of thiocarbonyl (C=S) groups is 1. The quantitative estimate of drug-likeness (QED) is 0.661. The van der Waals surface area contributed by atoms with E-state index in [1.54, 1.807) is 0 Å². The van der Waals surface area contributed by atoms with Gasteiger partial charge in [-0.15, -0.1) is 0 Å². The average Bonchev–Trinajstić information content (AvgIpc) is 2.26. The standard InChI is InChI=1S/C11H10F4N2OS/c12-9-6(10(18)17-5-4-8(16)19)2-1-3-7(9)11(13,14)15/h1-3H,4-5H2,(H2,16,19)(H,17,18). The smallest absolute Gasteiger partial charge is 0.393 e. The Morgan fingerprint density at radius 1 is 1.37 bits per heavy atom. The number of amides is 1. The van der Waals surface area contributed by atoms with Crippen molar-refractivity contribution < 1.29 is 22.4 Å². The molecule has 8 heteroatoms. The lowest BCUT2D eigenvalue weighted by Gasteiger charge is -2.11. The molecular weight excluding hydrogens is 284 g/mol. The van der Waals surface area contributed by atoms with Gasteiger partial charge in [0, 0.05) is 13.0 Å². The molecule has 0 aliphatic rings. The molecular formula is C11H10F4N2OS. The zero-order valence-electron chi connectivity index (χ0n) is 9.55. The summed E-state index contributed by atoms with van der Waals surface area (Å²) in [7, 11) is 0. The van der Waals surface area contributed by atoms with Crippen molar-refractivity contribution in [2.24, 2.45) is 5.73 Å². The number of benzene rings is 1. The largest absolute Gasteiger partial charge is 0.419 e. The Morgan fingerprint density at radius 3 is 2.53 bits per heavy atom. The predicted octanol–water partition coefficient (Wildman–Crippen LogP) is 2.25. The molecule has 1 aromatic rings. The number of rotatable bonds is 4. The second-order valence-electron chi connectivity index (χ2n) is 3.64. The molecule has 0 aromatic heterocycles. The van der Waals surface area contributed by atoms with Crippen molar-refractivity contribution in [1.29, 1.82) is 0 Å². The lowest BCUT2D eigenvalue weighted by atomic mass is 10.1. The van der Waals surface area contributed by atoms with Crippen LogP contribution < -0.4 is 11.1 Å². The third kappa shape index (κ3) is 4.16. The van der Waals surface area contributed by atoms with Crippen LogP contribution in [-0.4, -0.2) is 17.4 Å². The van der Waals surface area contributed by atoms with Gasteiger partial charge in [0.1, 0.15) is 5.82 Å². The maximum Gasteiger partial charge on any atom is 0.419 e. The predicted molar refractivity (Wildman–Crippen MR) is 65.1 cm³/mol. The molecule has 0 saturated carbocycles. The number of carbonyl (C=O) groups excluding carboxylic acids is 1. The molecule has 1 aromatic carbocycles. The van der Waals surface area contributed by atoms with Crippen LogP contribution in [0.15, 0.2) is 18.2 Å². The summed E-state index contributed by atoms with van der Waals surface area (Å²) >= 11 is 4.56. The summed E-state index contributed by atoms with van der Waals surface area (Å²) in [5.74, 6) is -2.54. The summed E-state index contributed by atoms with van der Waals surface area (Å²) in [6.07, 6.45) is -4.67. The number of hydrogen-bond donors (Lipinski definition) is 2. The SMILES string of the molecule is NC(=S)CCNC(=O)c1cccc(C(F)(F)F)c1F. The molecule has 0 radical (unpaired) electrons. The Morgan fingerprint density at radius 2 is 2.00 bits per heavy atom. The molecule has 104 valence electrons. The van der Waals surface area contributed by atoms with Gasteiger partial charge in [-0.05, 0) is 12.1 Å². The van der Waals surface area contributed by atoms with E-state index in [9.17, 15) is 22.4 Å². The molecule has 1 amide bonds. The second-order valence-corrected chi connectivity index (χ2v) is 4.16. The highest BCUT2D eigenvalue weighted by molar-refractivity contribution is 7.80. The van der Waals surface area contributed by atoms with E-state index in [1.807, 2.05) is 0 Å². The van der Waals surface area contributed by atoms with E-state index in [4.69, 9.17) is 5.73 Å². The van der Waals surface area contributed by atoms with Gasteiger partial charge < -0.3 is 11.1 Å². The van der Waals surface area contributed by atoms with Gasteiger partial charge in [-0.3, -0.25) is 4.79 Å². The number of nitrogens with one attached hydrogen (secondary N) is 1. The lowest BCUT2D eigenvalue weighted by molar-refractivity contribution is -0.140. The topological polar surface area (TPSA) is 55.1 Å². The number of alkyl halides is 3. The average molecular weight is 294 g/mol. The van der Waals surface area contributed by atoms with Crippen LogP contribution in [0.1, 0.15) is 22.3 Å². The third-order valence-electron chi connectivity index (χ3n) is 2.21. The summed E-state index contributed by atoms with van der Waals surface area (Å²) in [5.41, 5.74) is 3.04. The van der Waals surface area contributed by atoms with E-state index < -0.39 is 29.0 Å². The van der Waals surface area contributed by atoms with Gasteiger partial charge in [0.25, 0.3) is 5.91 Å². The molecule has 0 atom stereocenters. The van der Waals surface area contributed by atoms with Crippen LogP contribution in [0.4, 0.5) is 17.6 Å². The van der Waals surface area contributed by atoms with E-state index >= 15 is 0 Å². The third-order valence-corrected chi connectivity index (χ3v) is 2.41. The maximum absolute atomic E-state index is 13.6. The van der Waals surface area contributed by atoms with Gasteiger partial charge in [0.05, 0.1) is 16.1 Å². The Labute approximate surface area is 111 Å². The summed E-state index contributed by atoms with van der Waals surface area (Å²) in [6, 6.07) is 2.51. The van der Waals surface area contributed by atoms with Crippen LogP contribution in [0.2, 0.25) is 0 Å². The zero-order valence-corrected chi connectivity index (χ0v) is 10.4. The molecule has 0 spiro atoms. The van der Waals surface area contributed by atoms with Crippen molar-refractivity contribution in [3.05, 3.63) is 35.1 Å². The van der Waals surface area contributed by atoms with Crippen LogP contribution in [0.3, 0.4) is 0 Å². The monoisotopic (exact) mass is 294 g/mol. The van der Waals surface area contributed by atoms with Gasteiger partial charge >= 0.3 is 6.18 Å². The van der Waals surface area contributed by atoms with E-state index in [0.717, 1.165) is 12.1 Å². The van der Waals surface area contributed by atoms with Gasteiger partial charge in [-0.2, -0.15) is 13.2 Å². The van der Waals surface area contributed by atoms with Crippen molar-refractivity contribution in [3.63, 3.8) is 0 Å². The lowest BCUT2D eigenvalue weighted by Crippen LogP contribution is -2.28. The maximum atomic E-state index is 13.6. The minimum Gasteiger partial charge on any atom is -0.393 e. The molecule has 3 N–H and O–H groups in total. The molecule has 0 bridgehead atoms. The second kappa shape index (κ2) is 5.96. The number of halogens is 4. The number of carbonyl (C=O) groups is 1. The highest BCUT2D eigenvalue weighted by Gasteiger charge is 2.35. The highest BCUT2D eigenvalue weighted by atomic mass is 32.1. The first-order valence-electron chi connectivity index (χ1n) is 5.15. The van der Waals surface area contributed by atoms with Crippen molar-refractivity contribution in [3.8, 4) is 0 Å². The molecule has 0 aliphatic heterocycles. The van der Waals surface area contributed by atoms with Crippen LogP contribution in [0.25, 0.3) is 0 Å².